The molecule has 0 radical (unpaired) electrons. The zero-order valence-corrected chi connectivity index (χ0v) is 11.1. The summed E-state index contributed by atoms with van der Waals surface area (Å²) in [6.07, 6.45) is 4.33. The van der Waals surface area contributed by atoms with Crippen LogP contribution in [0.25, 0.3) is 0 Å². The van der Waals surface area contributed by atoms with Crippen LogP contribution in [0, 0.1) is 22.5 Å². The van der Waals surface area contributed by atoms with E-state index in [0.29, 0.717) is 18.1 Å². The van der Waals surface area contributed by atoms with Gasteiger partial charge in [0.05, 0.1) is 11.5 Å². The van der Waals surface area contributed by atoms with Crippen LogP contribution in [-0.4, -0.2) is 28.2 Å². The predicted octanol–water partition coefficient (Wildman–Crippen LogP) is 2.26. The summed E-state index contributed by atoms with van der Waals surface area (Å²) in [7, 11) is 0. The molecule has 104 valence electrons. The van der Waals surface area contributed by atoms with Crippen molar-refractivity contribution in [3.05, 3.63) is 27.9 Å². The van der Waals surface area contributed by atoms with E-state index in [1.807, 2.05) is 0 Å². The summed E-state index contributed by atoms with van der Waals surface area (Å²) in [6, 6.07) is 3.08. The number of aromatic nitrogens is 1. The minimum atomic E-state index is -0.432. The molecular weight excluding hydrogens is 246 g/mol. The Bertz CT molecular complexity index is 470. The Labute approximate surface area is 112 Å². The maximum Gasteiger partial charge on any atom is 0.290 e. The van der Waals surface area contributed by atoms with Gasteiger partial charge in [-0.2, -0.15) is 0 Å². The topological polar surface area (TPSA) is 88.3 Å². The van der Waals surface area contributed by atoms with E-state index in [1.165, 1.54) is 6.07 Å². The lowest BCUT2D eigenvalue weighted by atomic mass is 9.87. The van der Waals surface area contributed by atoms with E-state index < -0.39 is 4.92 Å². The lowest BCUT2D eigenvalue weighted by molar-refractivity contribution is -0.385. The molecule has 1 aliphatic rings. The molecule has 1 aromatic rings. The van der Waals surface area contributed by atoms with E-state index in [9.17, 15) is 15.2 Å². The molecule has 6 heteroatoms. The number of pyridine rings is 1. The number of aryl methyl sites for hydroxylation is 1. The minimum Gasteiger partial charge on any atom is -0.396 e. The summed E-state index contributed by atoms with van der Waals surface area (Å²) >= 11 is 0. The van der Waals surface area contributed by atoms with Gasteiger partial charge >= 0.3 is 0 Å². The van der Waals surface area contributed by atoms with Crippen LogP contribution in [0.3, 0.4) is 0 Å². The van der Waals surface area contributed by atoms with Crippen molar-refractivity contribution in [3.8, 4) is 0 Å². The van der Waals surface area contributed by atoms with Crippen LogP contribution < -0.4 is 5.32 Å². The van der Waals surface area contributed by atoms with E-state index in [4.69, 9.17) is 0 Å². The third-order valence-electron chi connectivity index (χ3n) is 3.90. The molecule has 0 aromatic carbocycles. The Morgan fingerprint density at radius 1 is 1.47 bits per heavy atom. The second-order valence-corrected chi connectivity index (χ2v) is 5.28. The molecule has 1 aromatic heterocycles. The fourth-order valence-corrected chi connectivity index (χ4v) is 2.64. The van der Waals surface area contributed by atoms with Gasteiger partial charge in [0.15, 0.2) is 0 Å². The van der Waals surface area contributed by atoms with E-state index in [0.717, 1.165) is 25.7 Å². The number of nitrogens with zero attached hydrogens (tertiary/aromatic N) is 2. The van der Waals surface area contributed by atoms with Crippen LogP contribution in [0.4, 0.5) is 11.5 Å². The molecule has 2 rings (SSSR count). The first kappa shape index (κ1) is 13.7. The van der Waals surface area contributed by atoms with Crippen molar-refractivity contribution in [2.45, 2.75) is 32.6 Å². The average molecular weight is 265 g/mol. The molecule has 0 amide bonds. The van der Waals surface area contributed by atoms with Crippen LogP contribution in [0.1, 0.15) is 31.4 Å². The van der Waals surface area contributed by atoms with Crippen LogP contribution in [0.2, 0.25) is 0 Å². The van der Waals surface area contributed by atoms with Gasteiger partial charge in [0.2, 0.25) is 0 Å². The van der Waals surface area contributed by atoms with Crippen molar-refractivity contribution in [2.75, 3.05) is 18.5 Å². The van der Waals surface area contributed by atoms with E-state index >= 15 is 0 Å². The first-order valence-corrected chi connectivity index (χ1v) is 6.53. The monoisotopic (exact) mass is 265 g/mol. The summed E-state index contributed by atoms with van der Waals surface area (Å²) in [5.41, 5.74) is 0.375. The molecular formula is C13H19N3O3. The third-order valence-corrected chi connectivity index (χ3v) is 3.90. The molecule has 0 spiro atoms. The zero-order valence-electron chi connectivity index (χ0n) is 11.1. The number of aliphatic hydroxyl groups excluding tert-OH is 1. The van der Waals surface area contributed by atoms with Crippen LogP contribution in [-0.2, 0) is 0 Å². The Balaban J connectivity index is 2.03. The SMILES string of the molecule is Cc1nc(NCC2(CO)CCCC2)ccc1[N+](=O)[O-]. The number of hydrogen-bond donors (Lipinski definition) is 2. The highest BCUT2D eigenvalue weighted by Crippen LogP contribution is 2.37. The fraction of sp³-hybridized carbons (Fsp3) is 0.615. The molecule has 0 aliphatic heterocycles. The van der Waals surface area contributed by atoms with Crippen LogP contribution in [0.5, 0.6) is 0 Å². The lowest BCUT2D eigenvalue weighted by Crippen LogP contribution is -2.30. The van der Waals surface area contributed by atoms with E-state index in [1.54, 1.807) is 13.0 Å². The predicted molar refractivity (Wildman–Crippen MR) is 72.1 cm³/mol. The summed E-state index contributed by atoms with van der Waals surface area (Å²) in [5, 5.41) is 23.4. The van der Waals surface area contributed by atoms with Gasteiger partial charge in [-0.05, 0) is 25.8 Å². The lowest BCUT2D eigenvalue weighted by Gasteiger charge is -2.26. The summed E-state index contributed by atoms with van der Waals surface area (Å²) in [4.78, 5) is 14.5. The maximum atomic E-state index is 10.7. The minimum absolute atomic E-state index is 0.0308. The highest BCUT2D eigenvalue weighted by molar-refractivity contribution is 5.44. The van der Waals surface area contributed by atoms with E-state index in [-0.39, 0.29) is 17.7 Å². The molecule has 0 atom stereocenters. The molecule has 6 nitrogen and oxygen atoms in total. The van der Waals surface area contributed by atoms with Crippen molar-refractivity contribution >= 4 is 11.5 Å². The molecule has 1 aliphatic carbocycles. The normalized spacial score (nSPS) is 17.4. The van der Waals surface area contributed by atoms with Gasteiger partial charge in [0.25, 0.3) is 5.69 Å². The molecule has 2 N–H and O–H groups in total. The van der Waals surface area contributed by atoms with Gasteiger partial charge in [-0.25, -0.2) is 4.98 Å². The molecule has 0 saturated heterocycles. The molecule has 0 unspecified atom stereocenters. The quantitative estimate of drug-likeness (QED) is 0.629. The highest BCUT2D eigenvalue weighted by Gasteiger charge is 2.33. The largest absolute Gasteiger partial charge is 0.396 e. The second-order valence-electron chi connectivity index (χ2n) is 5.28. The third kappa shape index (κ3) is 3.01. The Hall–Kier alpha value is -1.69. The van der Waals surface area contributed by atoms with Gasteiger partial charge in [0.1, 0.15) is 11.5 Å². The van der Waals surface area contributed by atoms with Gasteiger partial charge < -0.3 is 10.4 Å². The maximum absolute atomic E-state index is 10.7. The van der Waals surface area contributed by atoms with Crippen molar-refractivity contribution < 1.29 is 10.0 Å². The number of anilines is 1. The standard InChI is InChI=1S/C13H19N3O3/c1-10-11(16(18)19)4-5-12(15-10)14-8-13(9-17)6-2-3-7-13/h4-5,17H,2-3,6-9H2,1H3,(H,14,15). The van der Waals surface area contributed by atoms with Gasteiger partial charge in [-0.1, -0.05) is 12.8 Å². The summed E-state index contributed by atoms with van der Waals surface area (Å²) in [5.74, 6) is 0.628. The van der Waals surface area contributed by atoms with Crippen molar-refractivity contribution in [3.63, 3.8) is 0 Å². The Morgan fingerprint density at radius 2 is 2.16 bits per heavy atom. The summed E-state index contributed by atoms with van der Waals surface area (Å²) in [6.45, 7) is 2.46. The average Bonchev–Trinajstić information content (AvgIpc) is 2.85. The summed E-state index contributed by atoms with van der Waals surface area (Å²) < 4.78 is 0. The highest BCUT2D eigenvalue weighted by atomic mass is 16.6. The van der Waals surface area contributed by atoms with Crippen molar-refractivity contribution in [1.29, 1.82) is 0 Å². The molecule has 1 fully saturated rings. The van der Waals surface area contributed by atoms with Crippen molar-refractivity contribution in [1.82, 2.24) is 4.98 Å². The van der Waals surface area contributed by atoms with Gasteiger partial charge in [0, 0.05) is 18.0 Å². The Kier molecular flexibility index (Phi) is 3.99. The number of hydrogen-bond acceptors (Lipinski definition) is 5. The second kappa shape index (κ2) is 5.52. The zero-order chi connectivity index (χ0) is 13.9. The molecule has 0 bridgehead atoms. The number of rotatable bonds is 5. The molecule has 19 heavy (non-hydrogen) atoms. The van der Waals surface area contributed by atoms with Crippen LogP contribution >= 0.6 is 0 Å². The first-order valence-electron chi connectivity index (χ1n) is 6.53. The van der Waals surface area contributed by atoms with Gasteiger partial charge in [-0.3, -0.25) is 10.1 Å². The van der Waals surface area contributed by atoms with E-state index in [2.05, 4.69) is 10.3 Å². The number of aliphatic hydroxyl groups is 1. The smallest absolute Gasteiger partial charge is 0.290 e. The fourth-order valence-electron chi connectivity index (χ4n) is 2.64. The van der Waals surface area contributed by atoms with Gasteiger partial charge in [-0.15, -0.1) is 0 Å². The number of nitro groups is 1. The van der Waals surface area contributed by atoms with Crippen molar-refractivity contribution in [2.24, 2.45) is 5.41 Å². The number of nitrogens with one attached hydrogen (secondary N) is 1. The molecule has 1 heterocycles. The van der Waals surface area contributed by atoms with Crippen LogP contribution in [0.15, 0.2) is 12.1 Å². The first-order chi connectivity index (χ1) is 9.06. The molecule has 1 saturated carbocycles. The Morgan fingerprint density at radius 3 is 2.68 bits per heavy atom.